The molecule has 1 aliphatic heterocycles. The molecule has 164 valence electrons. The number of rotatable bonds is 4. The van der Waals surface area contributed by atoms with E-state index in [1.165, 1.54) is 6.33 Å². The number of anilines is 1. The average molecular weight is 433 g/mol. The van der Waals surface area contributed by atoms with Crippen LogP contribution < -0.4 is 4.90 Å². The van der Waals surface area contributed by atoms with Gasteiger partial charge in [0.05, 0.1) is 35.3 Å². The lowest BCUT2D eigenvalue weighted by molar-refractivity contribution is -0.000243. The highest BCUT2D eigenvalue weighted by atomic mass is 19.1. The summed E-state index contributed by atoms with van der Waals surface area (Å²) < 4.78 is 16.3. The van der Waals surface area contributed by atoms with Gasteiger partial charge in [0, 0.05) is 23.9 Å². The second kappa shape index (κ2) is 6.26. The maximum atomic E-state index is 14.6. The largest absolute Gasteiger partial charge is 0.390 e. The molecule has 1 saturated heterocycles. The molecule has 0 bridgehead atoms. The van der Waals surface area contributed by atoms with Gasteiger partial charge in [0.2, 0.25) is 0 Å². The molecule has 2 aromatic heterocycles. The van der Waals surface area contributed by atoms with Crippen molar-refractivity contribution < 1.29 is 9.50 Å². The van der Waals surface area contributed by atoms with E-state index in [1.54, 1.807) is 30.8 Å². The molecule has 3 aliphatic rings. The van der Waals surface area contributed by atoms with Crippen LogP contribution in [0.15, 0.2) is 36.8 Å². The summed E-state index contributed by atoms with van der Waals surface area (Å²) >= 11 is 0. The van der Waals surface area contributed by atoms with Crippen LogP contribution in [-0.2, 0) is 5.41 Å². The molecular formula is C24H25FN6O. The summed E-state index contributed by atoms with van der Waals surface area (Å²) in [6, 6.07) is 10.5. The lowest BCUT2D eigenvalue weighted by Gasteiger charge is -2.26. The van der Waals surface area contributed by atoms with Gasteiger partial charge in [-0.2, -0.15) is 10.4 Å². The van der Waals surface area contributed by atoms with E-state index in [0.717, 1.165) is 35.7 Å². The van der Waals surface area contributed by atoms with Crippen molar-refractivity contribution in [2.75, 3.05) is 18.0 Å². The molecule has 2 aliphatic carbocycles. The first-order chi connectivity index (χ1) is 15.3. The third-order valence-corrected chi connectivity index (χ3v) is 7.83. The van der Waals surface area contributed by atoms with Crippen molar-refractivity contribution in [3.8, 4) is 11.9 Å². The summed E-state index contributed by atoms with van der Waals surface area (Å²) in [4.78, 5) is 10.6. The standard InChI is InChI=1S/C24H25FN6O/c1-22(2,32)17-10-30(11-18(17)25)20-8-21(28-14-27-20)31-19-7-16(4-3-15(19)9-29-31)24(13-26)12-23(24)5-6-23/h3-4,7-9,14,17-18,32H,5-6,10-12H2,1-2H3/t17-,18+,24-/m1/s1. The molecule has 1 N–H and O–H groups in total. The first-order valence-electron chi connectivity index (χ1n) is 11.1. The fourth-order valence-corrected chi connectivity index (χ4v) is 5.56. The predicted octanol–water partition coefficient (Wildman–Crippen LogP) is 3.31. The van der Waals surface area contributed by atoms with Gasteiger partial charge in [-0.25, -0.2) is 19.0 Å². The second-order valence-electron chi connectivity index (χ2n) is 10.2. The Hall–Kier alpha value is -3.05. The van der Waals surface area contributed by atoms with Crippen molar-refractivity contribution in [1.82, 2.24) is 19.7 Å². The minimum Gasteiger partial charge on any atom is -0.390 e. The van der Waals surface area contributed by atoms with Gasteiger partial charge in [-0.15, -0.1) is 0 Å². The Kier molecular flexibility index (Phi) is 3.84. The number of alkyl halides is 1. The zero-order valence-corrected chi connectivity index (χ0v) is 18.2. The van der Waals surface area contributed by atoms with Gasteiger partial charge < -0.3 is 10.0 Å². The van der Waals surface area contributed by atoms with Gasteiger partial charge in [-0.3, -0.25) is 0 Å². The number of nitrogens with zero attached hydrogens (tertiary/aromatic N) is 6. The van der Waals surface area contributed by atoms with Crippen LogP contribution in [-0.4, -0.2) is 49.7 Å². The van der Waals surface area contributed by atoms with Crippen LogP contribution in [0.3, 0.4) is 0 Å². The molecule has 1 spiro atoms. The number of nitriles is 1. The second-order valence-corrected chi connectivity index (χ2v) is 10.2. The normalized spacial score (nSPS) is 28.3. The number of hydrogen-bond acceptors (Lipinski definition) is 6. The van der Waals surface area contributed by atoms with Gasteiger partial charge in [-0.05, 0) is 50.2 Å². The van der Waals surface area contributed by atoms with Crippen LogP contribution >= 0.6 is 0 Å². The van der Waals surface area contributed by atoms with Gasteiger partial charge in [-0.1, -0.05) is 12.1 Å². The van der Waals surface area contributed by atoms with Crippen molar-refractivity contribution in [2.24, 2.45) is 11.3 Å². The van der Waals surface area contributed by atoms with E-state index in [4.69, 9.17) is 0 Å². The third kappa shape index (κ3) is 2.70. The molecule has 8 heteroatoms. The maximum absolute atomic E-state index is 14.6. The topological polar surface area (TPSA) is 90.9 Å². The molecule has 0 radical (unpaired) electrons. The van der Waals surface area contributed by atoms with Crippen LogP contribution in [0, 0.1) is 22.7 Å². The fourth-order valence-electron chi connectivity index (χ4n) is 5.56. The minimum atomic E-state index is -1.13. The predicted molar refractivity (Wildman–Crippen MR) is 117 cm³/mol. The van der Waals surface area contributed by atoms with E-state index in [2.05, 4.69) is 33.3 Å². The van der Waals surface area contributed by atoms with Crippen LogP contribution in [0.4, 0.5) is 10.2 Å². The Labute approximate surface area is 185 Å². The summed E-state index contributed by atoms with van der Waals surface area (Å²) in [5, 5.41) is 25.7. The Balaban J connectivity index is 1.36. The summed E-state index contributed by atoms with van der Waals surface area (Å²) in [5.74, 6) is 0.716. The van der Waals surface area contributed by atoms with Crippen LogP contribution in [0.1, 0.15) is 38.7 Å². The highest BCUT2D eigenvalue weighted by Gasteiger charge is 2.75. The highest BCUT2D eigenvalue weighted by molar-refractivity contribution is 5.82. The van der Waals surface area contributed by atoms with E-state index in [-0.39, 0.29) is 17.4 Å². The molecule has 2 saturated carbocycles. The molecule has 3 atom stereocenters. The van der Waals surface area contributed by atoms with Gasteiger partial charge in [0.15, 0.2) is 5.82 Å². The van der Waals surface area contributed by atoms with E-state index < -0.39 is 17.7 Å². The molecule has 3 aromatic rings. The zero-order chi connectivity index (χ0) is 22.3. The monoisotopic (exact) mass is 432 g/mol. The van der Waals surface area contributed by atoms with Crippen LogP contribution in [0.25, 0.3) is 16.7 Å². The Morgan fingerprint density at radius 3 is 2.62 bits per heavy atom. The molecule has 6 rings (SSSR count). The van der Waals surface area contributed by atoms with E-state index >= 15 is 0 Å². The lowest BCUT2D eigenvalue weighted by atomic mass is 9.89. The average Bonchev–Trinajstić information content (AvgIpc) is 3.57. The van der Waals surface area contributed by atoms with Crippen molar-refractivity contribution in [1.29, 1.82) is 5.26 Å². The van der Waals surface area contributed by atoms with Gasteiger partial charge in [0.25, 0.3) is 0 Å². The number of halogens is 1. The quantitative estimate of drug-likeness (QED) is 0.680. The van der Waals surface area contributed by atoms with Crippen molar-refractivity contribution in [3.05, 3.63) is 42.4 Å². The Morgan fingerprint density at radius 1 is 1.19 bits per heavy atom. The van der Waals surface area contributed by atoms with E-state index in [0.29, 0.717) is 18.2 Å². The fraction of sp³-hybridized carbons (Fsp3) is 0.500. The Morgan fingerprint density at radius 2 is 1.97 bits per heavy atom. The van der Waals surface area contributed by atoms with Crippen molar-refractivity contribution >= 4 is 16.7 Å². The lowest BCUT2D eigenvalue weighted by Crippen LogP contribution is -2.37. The molecule has 3 heterocycles. The number of fused-ring (bicyclic) bond motifs is 1. The Bertz CT molecular complexity index is 1270. The molecular weight excluding hydrogens is 407 g/mol. The molecule has 7 nitrogen and oxygen atoms in total. The SMILES string of the molecule is CC(C)(O)[C@@H]1CN(c2cc(-n3ncc4ccc([C@]5(C#N)CC56CC6)cc43)ncn2)C[C@@H]1F. The third-order valence-electron chi connectivity index (χ3n) is 7.83. The van der Waals surface area contributed by atoms with Crippen molar-refractivity contribution in [2.45, 2.75) is 50.3 Å². The number of aliphatic hydroxyl groups is 1. The summed E-state index contributed by atoms with van der Waals surface area (Å²) in [6.45, 7) is 3.86. The summed E-state index contributed by atoms with van der Waals surface area (Å²) in [5.41, 5.74) is 0.664. The van der Waals surface area contributed by atoms with Crippen LogP contribution in [0.2, 0.25) is 0 Å². The van der Waals surface area contributed by atoms with E-state index in [1.807, 2.05) is 11.0 Å². The smallest absolute Gasteiger partial charge is 0.159 e. The first kappa shape index (κ1) is 19.6. The molecule has 3 fully saturated rings. The molecule has 32 heavy (non-hydrogen) atoms. The van der Waals surface area contributed by atoms with Crippen LogP contribution in [0.5, 0.6) is 0 Å². The first-order valence-corrected chi connectivity index (χ1v) is 11.1. The molecule has 0 amide bonds. The summed E-state index contributed by atoms with van der Waals surface area (Å²) in [6.07, 6.45) is 5.32. The highest BCUT2D eigenvalue weighted by Crippen LogP contribution is 2.78. The zero-order valence-electron chi connectivity index (χ0n) is 18.2. The number of hydrogen-bond donors (Lipinski definition) is 1. The summed E-state index contributed by atoms with van der Waals surface area (Å²) in [7, 11) is 0. The number of benzene rings is 1. The maximum Gasteiger partial charge on any atom is 0.159 e. The minimum absolute atomic E-state index is 0.182. The van der Waals surface area contributed by atoms with Crippen molar-refractivity contribution in [3.63, 3.8) is 0 Å². The van der Waals surface area contributed by atoms with E-state index in [9.17, 15) is 14.8 Å². The molecule has 0 unspecified atom stereocenters. The van der Waals surface area contributed by atoms with Gasteiger partial charge >= 0.3 is 0 Å². The van der Waals surface area contributed by atoms with Gasteiger partial charge in [0.1, 0.15) is 18.3 Å². The molecule has 1 aromatic carbocycles. The number of aromatic nitrogens is 4.